The number of carbonyl (C=O) groups excluding carboxylic acids is 1. The molecule has 1 amide bonds. The van der Waals surface area contributed by atoms with Gasteiger partial charge < -0.3 is 0 Å². The van der Waals surface area contributed by atoms with Crippen molar-refractivity contribution in [2.24, 2.45) is 0 Å². The Labute approximate surface area is 164 Å². The van der Waals surface area contributed by atoms with Gasteiger partial charge in [-0.2, -0.15) is 0 Å². The second-order valence-electron chi connectivity index (χ2n) is 6.23. The van der Waals surface area contributed by atoms with Crippen LogP contribution >= 0.6 is 11.3 Å². The molecule has 0 saturated carbocycles. The van der Waals surface area contributed by atoms with E-state index in [9.17, 15) is 13.6 Å². The van der Waals surface area contributed by atoms with Gasteiger partial charge in [-0.1, -0.05) is 47.7 Å². The van der Waals surface area contributed by atoms with Gasteiger partial charge >= 0.3 is 0 Å². The average Bonchev–Trinajstić information content (AvgIpc) is 3.11. The molecule has 2 aromatic heterocycles. The van der Waals surface area contributed by atoms with Crippen molar-refractivity contribution in [2.45, 2.75) is 13.0 Å². The summed E-state index contributed by atoms with van der Waals surface area (Å²) in [6, 6.07) is 15.0. The standard InChI is InChI=1S/C21H15F2N3OS/c22-16-10-17(23)20-18(11-16)28-21(25-20)26(13-15-7-4-8-24-12-15)19(27)9-14-5-2-1-3-6-14/h1-8,10-12H,9,13H2. The summed E-state index contributed by atoms with van der Waals surface area (Å²) in [7, 11) is 0. The van der Waals surface area contributed by atoms with Crippen LogP contribution in [0.2, 0.25) is 0 Å². The van der Waals surface area contributed by atoms with Crippen molar-refractivity contribution < 1.29 is 13.6 Å². The Morgan fingerprint density at radius 3 is 2.57 bits per heavy atom. The number of anilines is 1. The summed E-state index contributed by atoms with van der Waals surface area (Å²) in [5.41, 5.74) is 1.74. The van der Waals surface area contributed by atoms with Crippen LogP contribution in [0.15, 0.2) is 67.0 Å². The smallest absolute Gasteiger partial charge is 0.233 e. The van der Waals surface area contributed by atoms with Gasteiger partial charge in [0.1, 0.15) is 11.3 Å². The van der Waals surface area contributed by atoms with Crippen LogP contribution in [0.5, 0.6) is 0 Å². The second kappa shape index (κ2) is 7.82. The molecule has 0 aliphatic rings. The number of thiazole rings is 1. The minimum Gasteiger partial charge on any atom is -0.283 e. The number of rotatable bonds is 5. The predicted molar refractivity (Wildman–Crippen MR) is 105 cm³/mol. The molecule has 4 aromatic rings. The third kappa shape index (κ3) is 3.89. The molecule has 0 saturated heterocycles. The molecule has 2 aromatic carbocycles. The van der Waals surface area contributed by atoms with Crippen molar-refractivity contribution in [1.82, 2.24) is 9.97 Å². The summed E-state index contributed by atoms with van der Waals surface area (Å²) >= 11 is 1.09. The van der Waals surface area contributed by atoms with Gasteiger partial charge in [0.25, 0.3) is 0 Å². The Morgan fingerprint density at radius 2 is 1.82 bits per heavy atom. The molecule has 0 atom stereocenters. The number of benzene rings is 2. The van der Waals surface area contributed by atoms with Crippen LogP contribution in [-0.4, -0.2) is 15.9 Å². The van der Waals surface area contributed by atoms with Crippen molar-refractivity contribution in [3.63, 3.8) is 0 Å². The van der Waals surface area contributed by atoms with Gasteiger partial charge in [-0.3, -0.25) is 14.7 Å². The van der Waals surface area contributed by atoms with Crippen LogP contribution < -0.4 is 4.90 Å². The zero-order valence-electron chi connectivity index (χ0n) is 14.7. The second-order valence-corrected chi connectivity index (χ2v) is 7.24. The van der Waals surface area contributed by atoms with Crippen LogP contribution in [0, 0.1) is 11.6 Å². The monoisotopic (exact) mass is 395 g/mol. The molecular weight excluding hydrogens is 380 g/mol. The lowest BCUT2D eigenvalue weighted by Crippen LogP contribution is -2.31. The molecule has 0 aliphatic carbocycles. The summed E-state index contributed by atoms with van der Waals surface area (Å²) < 4.78 is 28.0. The highest BCUT2D eigenvalue weighted by molar-refractivity contribution is 7.22. The first-order valence-corrected chi connectivity index (χ1v) is 9.40. The summed E-state index contributed by atoms with van der Waals surface area (Å²) in [6.45, 7) is 0.240. The van der Waals surface area contributed by atoms with Crippen molar-refractivity contribution in [2.75, 3.05) is 4.90 Å². The van der Waals surface area contributed by atoms with Gasteiger partial charge in [-0.15, -0.1) is 0 Å². The van der Waals surface area contributed by atoms with Crippen molar-refractivity contribution in [1.29, 1.82) is 0 Å². The van der Waals surface area contributed by atoms with E-state index in [4.69, 9.17) is 0 Å². The molecule has 0 fully saturated rings. The van der Waals surface area contributed by atoms with E-state index >= 15 is 0 Å². The van der Waals surface area contributed by atoms with E-state index in [-0.39, 0.29) is 24.4 Å². The van der Waals surface area contributed by atoms with E-state index < -0.39 is 11.6 Å². The number of halogens is 2. The van der Waals surface area contributed by atoms with E-state index in [1.54, 1.807) is 18.5 Å². The SMILES string of the molecule is O=C(Cc1ccccc1)N(Cc1cccnc1)c1nc2c(F)cc(F)cc2s1. The summed E-state index contributed by atoms with van der Waals surface area (Å²) in [6.07, 6.45) is 3.49. The van der Waals surface area contributed by atoms with Crippen LogP contribution in [0.25, 0.3) is 10.2 Å². The third-order valence-corrected chi connectivity index (χ3v) is 5.22. The van der Waals surface area contributed by atoms with E-state index in [0.29, 0.717) is 9.83 Å². The summed E-state index contributed by atoms with van der Waals surface area (Å²) in [5, 5.41) is 0.323. The molecule has 2 heterocycles. The summed E-state index contributed by atoms with van der Waals surface area (Å²) in [5.74, 6) is -1.60. The fourth-order valence-electron chi connectivity index (χ4n) is 2.86. The van der Waals surface area contributed by atoms with Gasteiger partial charge in [-0.25, -0.2) is 13.8 Å². The number of pyridine rings is 1. The fraction of sp³-hybridized carbons (Fsp3) is 0.0952. The number of hydrogen-bond acceptors (Lipinski definition) is 4. The van der Waals surface area contributed by atoms with Crippen LogP contribution in [0.3, 0.4) is 0 Å². The molecule has 0 N–H and O–H groups in total. The van der Waals surface area contributed by atoms with Gasteiger partial charge in [0, 0.05) is 18.5 Å². The van der Waals surface area contributed by atoms with E-state index in [1.165, 1.54) is 11.0 Å². The van der Waals surface area contributed by atoms with Gasteiger partial charge in [0.15, 0.2) is 10.9 Å². The Bertz CT molecular complexity index is 1120. The maximum atomic E-state index is 14.1. The highest BCUT2D eigenvalue weighted by atomic mass is 32.1. The number of amides is 1. The Kier molecular flexibility index (Phi) is 5.08. The minimum absolute atomic E-state index is 0.0603. The number of nitrogens with zero attached hydrogens (tertiary/aromatic N) is 3. The first-order chi connectivity index (χ1) is 13.6. The third-order valence-electron chi connectivity index (χ3n) is 4.20. The maximum absolute atomic E-state index is 14.1. The quantitative estimate of drug-likeness (QED) is 0.490. The highest BCUT2D eigenvalue weighted by Gasteiger charge is 2.22. The van der Waals surface area contributed by atoms with Gasteiger partial charge in [0.05, 0.1) is 17.7 Å². The van der Waals surface area contributed by atoms with Crippen molar-refractivity contribution >= 4 is 32.6 Å². The number of hydrogen-bond donors (Lipinski definition) is 0. The number of fused-ring (bicyclic) bond motifs is 1. The molecule has 0 aliphatic heterocycles. The number of carbonyl (C=O) groups is 1. The topological polar surface area (TPSA) is 46.1 Å². The molecule has 4 rings (SSSR count). The van der Waals surface area contributed by atoms with Crippen molar-refractivity contribution in [3.05, 3.63) is 89.8 Å². The van der Waals surface area contributed by atoms with Gasteiger partial charge in [0.2, 0.25) is 5.91 Å². The Morgan fingerprint density at radius 1 is 1.04 bits per heavy atom. The van der Waals surface area contributed by atoms with Gasteiger partial charge in [-0.05, 0) is 23.3 Å². The average molecular weight is 395 g/mol. The lowest BCUT2D eigenvalue weighted by molar-refractivity contribution is -0.118. The normalized spacial score (nSPS) is 10.9. The first kappa shape index (κ1) is 18.2. The molecule has 28 heavy (non-hydrogen) atoms. The molecule has 0 bridgehead atoms. The molecule has 0 spiro atoms. The van der Waals surface area contributed by atoms with E-state index in [2.05, 4.69) is 9.97 Å². The van der Waals surface area contributed by atoms with Crippen LogP contribution in [0.4, 0.5) is 13.9 Å². The molecular formula is C21H15F2N3OS. The lowest BCUT2D eigenvalue weighted by atomic mass is 10.1. The molecule has 0 radical (unpaired) electrons. The molecule has 7 heteroatoms. The summed E-state index contributed by atoms with van der Waals surface area (Å²) in [4.78, 5) is 22.9. The van der Waals surface area contributed by atoms with E-state index in [1.807, 2.05) is 36.4 Å². The van der Waals surface area contributed by atoms with Crippen molar-refractivity contribution in [3.8, 4) is 0 Å². The lowest BCUT2D eigenvalue weighted by Gasteiger charge is -2.20. The largest absolute Gasteiger partial charge is 0.283 e. The molecule has 140 valence electrons. The zero-order chi connectivity index (χ0) is 19.5. The Hall–Kier alpha value is -3.19. The minimum atomic E-state index is -0.741. The predicted octanol–water partition coefficient (Wildman–Crippen LogP) is 4.75. The molecule has 0 unspecified atom stereocenters. The number of aromatic nitrogens is 2. The molecule has 4 nitrogen and oxygen atoms in total. The Balaban J connectivity index is 1.72. The maximum Gasteiger partial charge on any atom is 0.233 e. The highest BCUT2D eigenvalue weighted by Crippen LogP contribution is 2.32. The van der Waals surface area contributed by atoms with Crippen LogP contribution in [-0.2, 0) is 17.8 Å². The first-order valence-electron chi connectivity index (χ1n) is 8.59. The van der Waals surface area contributed by atoms with Crippen LogP contribution in [0.1, 0.15) is 11.1 Å². The van der Waals surface area contributed by atoms with E-state index in [0.717, 1.165) is 28.5 Å². The fourth-order valence-corrected chi connectivity index (χ4v) is 3.89. The zero-order valence-corrected chi connectivity index (χ0v) is 15.5.